The summed E-state index contributed by atoms with van der Waals surface area (Å²) in [7, 11) is -1.27. The Hall–Kier alpha value is -6.05. The first-order chi connectivity index (χ1) is 29.5. The molecule has 0 spiro atoms. The monoisotopic (exact) mass is 1000 g/mol. The molecule has 62 heavy (non-hydrogen) atoms. The summed E-state index contributed by atoms with van der Waals surface area (Å²) >= 11 is 0. The summed E-state index contributed by atoms with van der Waals surface area (Å²) in [4.78, 5) is 9.79. The van der Waals surface area contributed by atoms with Crippen molar-refractivity contribution < 1.29 is 24.5 Å². The molecule has 0 N–H and O–H groups in total. The van der Waals surface area contributed by atoms with Gasteiger partial charge < -0.3 is 14.0 Å². The van der Waals surface area contributed by atoms with E-state index in [4.69, 9.17) is 9.40 Å². The summed E-state index contributed by atoms with van der Waals surface area (Å²) in [6, 6.07) is 52.6. The molecule has 0 aliphatic heterocycles. The van der Waals surface area contributed by atoms with Crippen molar-refractivity contribution in [3.8, 4) is 39.5 Å². The van der Waals surface area contributed by atoms with Crippen molar-refractivity contribution in [1.82, 2.24) is 24.7 Å². The van der Waals surface area contributed by atoms with Crippen molar-refractivity contribution in [1.29, 1.82) is 0 Å². The normalized spacial score (nSPS) is 11.7. The van der Waals surface area contributed by atoms with Crippen molar-refractivity contribution in [2.24, 2.45) is 0 Å². The Morgan fingerprint density at radius 1 is 0.661 bits per heavy atom. The van der Waals surface area contributed by atoms with E-state index >= 15 is 0 Å². The van der Waals surface area contributed by atoms with Crippen molar-refractivity contribution in [2.45, 2.75) is 66.1 Å². The van der Waals surface area contributed by atoms with Crippen LogP contribution in [-0.2, 0) is 20.1 Å². The van der Waals surface area contributed by atoms with Crippen molar-refractivity contribution in [3.63, 3.8) is 0 Å². The van der Waals surface area contributed by atoms with Crippen molar-refractivity contribution in [2.75, 3.05) is 0 Å². The predicted molar refractivity (Wildman–Crippen MR) is 256 cm³/mol. The minimum absolute atomic E-state index is 0. The number of rotatable bonds is 7. The number of para-hydroxylation sites is 1. The summed E-state index contributed by atoms with van der Waals surface area (Å²) in [6.45, 7) is 18.3. The van der Waals surface area contributed by atoms with Gasteiger partial charge in [0.1, 0.15) is 5.58 Å². The van der Waals surface area contributed by atoms with Crippen LogP contribution in [0.25, 0.3) is 83.5 Å². The Labute approximate surface area is 378 Å². The third-order valence-electron chi connectivity index (χ3n) is 11.5. The molecule has 6 aromatic carbocycles. The standard InChI is InChI=1S/C39H31N4O.C15H18NSi.Ir/c1-23(2)31-21-26(25-13-6-5-7-14-25)22-32(24(3)4)35(31)43-36-29-16-8-10-19-33(29)41-42-38(36)40-39(43)30-18-12-17-28-27-15-9-11-20-34(27)44-37(28)30;1-12-10-14(13-8-6-5-7-9-13)16-11-15(12)17(2,3)4;/h5-17,19-24H,1-4H3;5-8,10-11H,1-4H3;/q2*-1;. The first kappa shape index (κ1) is 42.6. The average Bonchev–Trinajstić information content (AvgIpc) is 3.85. The number of imidazole rings is 1. The summed E-state index contributed by atoms with van der Waals surface area (Å²) in [5, 5.41) is 13.8. The predicted octanol–water partition coefficient (Wildman–Crippen LogP) is 13.6. The van der Waals surface area contributed by atoms with E-state index in [0.717, 1.165) is 66.7 Å². The summed E-state index contributed by atoms with van der Waals surface area (Å²) in [6.07, 6.45) is 2.05. The average molecular weight is 1000 g/mol. The van der Waals surface area contributed by atoms with Crippen LogP contribution < -0.4 is 5.19 Å². The van der Waals surface area contributed by atoms with Crippen LogP contribution >= 0.6 is 0 Å². The largest absolute Gasteiger partial charge is 0.501 e. The van der Waals surface area contributed by atoms with Crippen LogP contribution in [0, 0.1) is 19.1 Å². The van der Waals surface area contributed by atoms with Crippen LogP contribution in [0.1, 0.15) is 56.2 Å². The van der Waals surface area contributed by atoms with Gasteiger partial charge in [-0.2, -0.15) is 0 Å². The molecule has 0 amide bonds. The fraction of sp³-hybridized carbons (Fsp3) is 0.185. The molecule has 4 heterocycles. The van der Waals surface area contributed by atoms with Gasteiger partial charge in [-0.05, 0) is 76.2 Å². The number of aromatic nitrogens is 5. The molecule has 0 saturated carbocycles. The van der Waals surface area contributed by atoms with Gasteiger partial charge in [0.05, 0.1) is 30.5 Å². The number of fused-ring (bicyclic) bond motifs is 6. The molecular formula is C54H49IrN5OSi-2. The molecule has 311 valence electrons. The van der Waals surface area contributed by atoms with Gasteiger partial charge in [-0.25, -0.2) is 0 Å². The zero-order valence-electron chi connectivity index (χ0n) is 36.4. The zero-order valence-corrected chi connectivity index (χ0v) is 39.8. The molecule has 0 fully saturated rings. The number of aryl methyl sites for hydroxylation is 1. The number of pyridine rings is 1. The Morgan fingerprint density at radius 2 is 1.34 bits per heavy atom. The minimum Gasteiger partial charge on any atom is -0.501 e. The maximum atomic E-state index is 6.52. The fourth-order valence-corrected chi connectivity index (χ4v) is 10.2. The van der Waals surface area contributed by atoms with Gasteiger partial charge >= 0.3 is 0 Å². The Morgan fingerprint density at radius 3 is 2.02 bits per heavy atom. The topological polar surface area (TPSA) is 69.6 Å². The number of benzene rings is 6. The molecule has 1 radical (unpaired) electrons. The van der Waals surface area contributed by atoms with E-state index in [2.05, 4.69) is 171 Å². The van der Waals surface area contributed by atoms with Crippen LogP contribution in [0.2, 0.25) is 19.6 Å². The molecule has 10 aromatic rings. The second-order valence-corrected chi connectivity index (χ2v) is 22.5. The number of hydrogen-bond acceptors (Lipinski definition) is 5. The van der Waals surface area contributed by atoms with E-state index in [1.807, 2.05) is 54.6 Å². The molecule has 0 bridgehead atoms. The van der Waals surface area contributed by atoms with Crippen molar-refractivity contribution >= 4 is 57.3 Å². The summed E-state index contributed by atoms with van der Waals surface area (Å²) in [5.41, 5.74) is 14.2. The first-order valence-electron chi connectivity index (χ1n) is 21.1. The molecule has 0 aliphatic rings. The van der Waals surface area contributed by atoms with Crippen LogP contribution in [0.3, 0.4) is 0 Å². The summed E-state index contributed by atoms with van der Waals surface area (Å²) < 4.78 is 8.83. The molecule has 4 aromatic heterocycles. The van der Waals surface area contributed by atoms with E-state index < -0.39 is 8.07 Å². The van der Waals surface area contributed by atoms with Crippen LogP contribution in [0.5, 0.6) is 0 Å². The smallest absolute Gasteiger partial charge is 0.191 e. The van der Waals surface area contributed by atoms with E-state index in [9.17, 15) is 0 Å². The minimum atomic E-state index is -1.27. The molecule has 10 rings (SSSR count). The SMILES string of the molecule is CC(C)c1cc(-c2ccccc2)cc(C(C)C)c1-n1c(-c2[c-]ccc3c2oc2ccccc23)nc2nnc3ccccc3c21.Cc1cc(-c2[c-]cccc2)ncc1[Si](C)(C)C.[Ir]. The molecule has 0 aliphatic carbocycles. The Kier molecular flexibility index (Phi) is 11.9. The molecule has 8 heteroatoms. The van der Waals surface area contributed by atoms with Gasteiger partial charge in [-0.3, -0.25) is 4.98 Å². The Bertz CT molecular complexity index is 3170. The third-order valence-corrected chi connectivity index (χ3v) is 13.6. The number of nitrogens with zero attached hydrogens (tertiary/aromatic N) is 5. The summed E-state index contributed by atoms with van der Waals surface area (Å²) in [5.74, 6) is 1.22. The van der Waals surface area contributed by atoms with Gasteiger partial charge in [0.15, 0.2) is 5.65 Å². The second-order valence-electron chi connectivity index (χ2n) is 17.4. The second kappa shape index (κ2) is 17.4. The van der Waals surface area contributed by atoms with Crippen LogP contribution in [0.15, 0.2) is 144 Å². The van der Waals surface area contributed by atoms with Crippen LogP contribution in [0.4, 0.5) is 0 Å². The van der Waals surface area contributed by atoms with Gasteiger partial charge in [-0.1, -0.05) is 137 Å². The van der Waals surface area contributed by atoms with E-state index in [1.165, 1.54) is 33.0 Å². The van der Waals surface area contributed by atoms with Crippen LogP contribution in [-0.4, -0.2) is 32.8 Å². The number of hydrogen-bond donors (Lipinski definition) is 0. The van der Waals surface area contributed by atoms with E-state index in [-0.39, 0.29) is 31.9 Å². The van der Waals surface area contributed by atoms with Gasteiger partial charge in [0.2, 0.25) is 0 Å². The fourth-order valence-electron chi connectivity index (χ4n) is 8.48. The molecule has 0 saturated heterocycles. The van der Waals surface area contributed by atoms with Gasteiger partial charge in [0, 0.05) is 42.8 Å². The molecular weight excluding hydrogens is 955 g/mol. The molecule has 6 nitrogen and oxygen atoms in total. The maximum Gasteiger partial charge on any atom is 0.191 e. The first-order valence-corrected chi connectivity index (χ1v) is 24.6. The maximum absolute atomic E-state index is 6.52. The van der Waals surface area contributed by atoms with Gasteiger partial charge in [-0.15, -0.1) is 64.3 Å². The van der Waals surface area contributed by atoms with Gasteiger partial charge in [0.25, 0.3) is 0 Å². The van der Waals surface area contributed by atoms with Crippen molar-refractivity contribution in [3.05, 3.63) is 168 Å². The third kappa shape index (κ3) is 7.95. The van der Waals surface area contributed by atoms with E-state index in [1.54, 1.807) is 0 Å². The Balaban J connectivity index is 0.000000248. The zero-order chi connectivity index (χ0) is 42.4. The van der Waals surface area contributed by atoms with E-state index in [0.29, 0.717) is 5.65 Å². The quantitative estimate of drug-likeness (QED) is 0.118. The molecule has 0 unspecified atom stereocenters. The molecule has 0 atom stereocenters. The number of furan rings is 1.